The summed E-state index contributed by atoms with van der Waals surface area (Å²) in [5, 5.41) is 19.9. The van der Waals surface area contributed by atoms with Crippen molar-refractivity contribution in [2.24, 2.45) is 0 Å². The fourth-order valence-electron chi connectivity index (χ4n) is 2.44. The molecule has 120 valence electrons. The van der Waals surface area contributed by atoms with Gasteiger partial charge in [0.1, 0.15) is 5.76 Å². The van der Waals surface area contributed by atoms with Crippen LogP contribution in [0, 0.1) is 13.8 Å². The van der Waals surface area contributed by atoms with Crippen molar-refractivity contribution in [1.82, 2.24) is 20.3 Å². The number of carbonyl (C=O) groups is 1. The maximum Gasteiger partial charge on any atom is 0.358 e. The van der Waals surface area contributed by atoms with E-state index in [1.165, 1.54) is 5.56 Å². The Kier molecular flexibility index (Phi) is 3.77. The van der Waals surface area contributed by atoms with Gasteiger partial charge in [-0.25, -0.2) is 9.48 Å². The highest BCUT2D eigenvalue weighted by atomic mass is 16.5. The molecule has 1 aromatic carbocycles. The molecule has 0 saturated carbocycles. The van der Waals surface area contributed by atoms with Crippen LogP contribution in [0.3, 0.4) is 0 Å². The third kappa shape index (κ3) is 2.90. The van der Waals surface area contributed by atoms with E-state index in [4.69, 9.17) is 9.84 Å². The molecule has 1 aromatic heterocycles. The van der Waals surface area contributed by atoms with Crippen molar-refractivity contribution in [3.63, 3.8) is 0 Å². The molecule has 1 aliphatic rings. The van der Waals surface area contributed by atoms with Gasteiger partial charge in [-0.15, -0.1) is 5.10 Å². The summed E-state index contributed by atoms with van der Waals surface area (Å²) in [7, 11) is 0. The Morgan fingerprint density at radius 2 is 2.00 bits per heavy atom. The molecule has 3 rings (SSSR count). The SMILES string of the molecule is CC1=C(Cn2nnc(C(=O)O)c2C)NC(c2ccc(C)cc2)O1. The lowest BCUT2D eigenvalue weighted by molar-refractivity contribution is 0.0689. The number of allylic oxidation sites excluding steroid dienone is 2. The van der Waals surface area contributed by atoms with E-state index >= 15 is 0 Å². The summed E-state index contributed by atoms with van der Waals surface area (Å²) in [6, 6.07) is 8.11. The van der Waals surface area contributed by atoms with Gasteiger partial charge in [0.2, 0.25) is 0 Å². The van der Waals surface area contributed by atoms with E-state index in [0.29, 0.717) is 12.2 Å². The normalized spacial score (nSPS) is 17.1. The number of ether oxygens (including phenoxy) is 1. The molecule has 0 saturated heterocycles. The molecule has 7 nitrogen and oxygen atoms in total. The van der Waals surface area contributed by atoms with Crippen LogP contribution in [0.15, 0.2) is 35.7 Å². The maximum atomic E-state index is 11.0. The van der Waals surface area contributed by atoms with Gasteiger partial charge in [-0.2, -0.15) is 0 Å². The molecule has 0 fully saturated rings. The Bertz CT molecular complexity index is 777. The van der Waals surface area contributed by atoms with Crippen molar-refractivity contribution in [3.8, 4) is 0 Å². The average molecular weight is 314 g/mol. The van der Waals surface area contributed by atoms with Gasteiger partial charge in [0.25, 0.3) is 0 Å². The second kappa shape index (κ2) is 5.75. The first-order valence-electron chi connectivity index (χ1n) is 7.28. The predicted octanol–water partition coefficient (Wildman–Crippen LogP) is 2.14. The fraction of sp³-hybridized carbons (Fsp3) is 0.312. The molecular weight excluding hydrogens is 296 g/mol. The molecule has 0 aliphatic carbocycles. The number of benzene rings is 1. The maximum absolute atomic E-state index is 11.0. The van der Waals surface area contributed by atoms with Crippen LogP contribution in [-0.2, 0) is 11.3 Å². The second-order valence-corrected chi connectivity index (χ2v) is 5.57. The van der Waals surface area contributed by atoms with E-state index < -0.39 is 5.97 Å². The number of rotatable bonds is 4. The molecule has 23 heavy (non-hydrogen) atoms. The van der Waals surface area contributed by atoms with Gasteiger partial charge in [0, 0.05) is 5.56 Å². The van der Waals surface area contributed by atoms with E-state index in [1.807, 2.05) is 38.1 Å². The van der Waals surface area contributed by atoms with Crippen molar-refractivity contribution >= 4 is 5.97 Å². The van der Waals surface area contributed by atoms with E-state index in [1.54, 1.807) is 11.6 Å². The Morgan fingerprint density at radius 3 is 2.61 bits per heavy atom. The van der Waals surface area contributed by atoms with Crippen LogP contribution in [0.2, 0.25) is 0 Å². The van der Waals surface area contributed by atoms with Crippen molar-refractivity contribution in [2.75, 3.05) is 0 Å². The van der Waals surface area contributed by atoms with Gasteiger partial charge in [-0.1, -0.05) is 35.0 Å². The highest BCUT2D eigenvalue weighted by Crippen LogP contribution is 2.27. The number of carboxylic acid groups (broad SMARTS) is 1. The Balaban J connectivity index is 1.75. The summed E-state index contributed by atoms with van der Waals surface area (Å²) in [6.07, 6.45) is -0.242. The largest absolute Gasteiger partial charge is 0.476 e. The van der Waals surface area contributed by atoms with Crippen LogP contribution >= 0.6 is 0 Å². The summed E-state index contributed by atoms with van der Waals surface area (Å²) in [6.45, 7) is 5.99. The number of nitrogens with zero attached hydrogens (tertiary/aromatic N) is 3. The van der Waals surface area contributed by atoms with Crippen molar-refractivity contribution in [2.45, 2.75) is 33.5 Å². The highest BCUT2D eigenvalue weighted by molar-refractivity contribution is 5.86. The molecule has 0 spiro atoms. The van der Waals surface area contributed by atoms with Crippen LogP contribution in [-0.4, -0.2) is 26.1 Å². The monoisotopic (exact) mass is 314 g/mol. The Morgan fingerprint density at radius 1 is 1.30 bits per heavy atom. The van der Waals surface area contributed by atoms with Crippen molar-refractivity contribution < 1.29 is 14.6 Å². The predicted molar refractivity (Wildman–Crippen MR) is 82.6 cm³/mol. The molecule has 0 bridgehead atoms. The molecule has 2 aromatic rings. The van der Waals surface area contributed by atoms with E-state index in [9.17, 15) is 4.79 Å². The fourth-order valence-corrected chi connectivity index (χ4v) is 2.44. The summed E-state index contributed by atoms with van der Waals surface area (Å²) >= 11 is 0. The molecule has 7 heteroatoms. The molecular formula is C16H18N4O3. The third-order valence-corrected chi connectivity index (χ3v) is 3.90. The first-order chi connectivity index (χ1) is 11.0. The highest BCUT2D eigenvalue weighted by Gasteiger charge is 2.25. The number of aromatic carboxylic acids is 1. The van der Waals surface area contributed by atoms with Crippen LogP contribution < -0.4 is 5.32 Å². The lowest BCUT2D eigenvalue weighted by Gasteiger charge is -2.13. The number of hydrogen-bond donors (Lipinski definition) is 2. The minimum atomic E-state index is -1.08. The smallest absolute Gasteiger partial charge is 0.358 e. The van der Waals surface area contributed by atoms with Crippen LogP contribution in [0.4, 0.5) is 0 Å². The van der Waals surface area contributed by atoms with Crippen LogP contribution in [0.25, 0.3) is 0 Å². The molecule has 0 radical (unpaired) electrons. The average Bonchev–Trinajstić information content (AvgIpc) is 3.05. The molecule has 1 aliphatic heterocycles. The van der Waals surface area contributed by atoms with E-state index in [-0.39, 0.29) is 11.9 Å². The minimum Gasteiger partial charge on any atom is -0.476 e. The molecule has 2 N–H and O–H groups in total. The second-order valence-electron chi connectivity index (χ2n) is 5.57. The van der Waals surface area contributed by atoms with Gasteiger partial charge >= 0.3 is 5.97 Å². The first-order valence-corrected chi connectivity index (χ1v) is 7.28. The lowest BCUT2D eigenvalue weighted by atomic mass is 10.1. The lowest BCUT2D eigenvalue weighted by Crippen LogP contribution is -2.19. The number of nitrogens with one attached hydrogen (secondary N) is 1. The summed E-state index contributed by atoms with van der Waals surface area (Å²) in [4.78, 5) is 11.0. The summed E-state index contributed by atoms with van der Waals surface area (Å²) < 4.78 is 7.41. The molecule has 1 unspecified atom stereocenters. The van der Waals surface area contributed by atoms with Crippen molar-refractivity contribution in [1.29, 1.82) is 0 Å². The minimum absolute atomic E-state index is 0.0303. The zero-order valence-corrected chi connectivity index (χ0v) is 13.2. The zero-order chi connectivity index (χ0) is 16.6. The van der Waals surface area contributed by atoms with E-state index in [0.717, 1.165) is 17.0 Å². The van der Waals surface area contributed by atoms with Gasteiger partial charge in [0.15, 0.2) is 11.9 Å². The summed E-state index contributed by atoms with van der Waals surface area (Å²) in [5.74, 6) is -0.310. The van der Waals surface area contributed by atoms with E-state index in [2.05, 4.69) is 15.6 Å². The Labute approximate surface area is 133 Å². The van der Waals surface area contributed by atoms with Crippen LogP contribution in [0.1, 0.15) is 40.5 Å². The van der Waals surface area contributed by atoms with Gasteiger partial charge in [0.05, 0.1) is 17.9 Å². The van der Waals surface area contributed by atoms with Crippen molar-refractivity contribution in [3.05, 3.63) is 58.2 Å². The standard InChI is InChI=1S/C16H18N4O3/c1-9-4-6-12(7-5-9)15-17-13(11(3)23-15)8-20-10(2)14(16(21)22)18-19-20/h4-7,15,17H,8H2,1-3H3,(H,21,22). The molecule has 1 atom stereocenters. The first kappa shape index (κ1) is 15.1. The topological polar surface area (TPSA) is 89.3 Å². The molecule has 0 amide bonds. The zero-order valence-electron chi connectivity index (χ0n) is 13.2. The third-order valence-electron chi connectivity index (χ3n) is 3.90. The number of carboxylic acids is 1. The van der Waals surface area contributed by atoms with Gasteiger partial charge < -0.3 is 15.2 Å². The van der Waals surface area contributed by atoms with Crippen LogP contribution in [0.5, 0.6) is 0 Å². The number of aryl methyl sites for hydroxylation is 1. The van der Waals surface area contributed by atoms with Gasteiger partial charge in [-0.3, -0.25) is 0 Å². The quantitative estimate of drug-likeness (QED) is 0.899. The number of hydrogen-bond acceptors (Lipinski definition) is 5. The number of aromatic nitrogens is 3. The molecule has 2 heterocycles. The van der Waals surface area contributed by atoms with Gasteiger partial charge in [-0.05, 0) is 20.8 Å². The Hall–Kier alpha value is -2.83. The summed E-state index contributed by atoms with van der Waals surface area (Å²) in [5.41, 5.74) is 3.57.